The first-order chi connectivity index (χ1) is 6.76. The van der Waals surface area contributed by atoms with Crippen molar-refractivity contribution in [2.75, 3.05) is 31.4 Å². The van der Waals surface area contributed by atoms with E-state index in [1.807, 2.05) is 11.8 Å². The number of thiol groups is 1. The van der Waals surface area contributed by atoms with E-state index in [0.717, 1.165) is 11.8 Å². The first kappa shape index (κ1) is 14.7. The van der Waals surface area contributed by atoms with Gasteiger partial charge in [0.2, 0.25) is 0 Å². The molecule has 0 amide bonds. The summed E-state index contributed by atoms with van der Waals surface area (Å²) in [4.78, 5) is 2.51. The second kappa shape index (κ2) is 10.2. The van der Waals surface area contributed by atoms with E-state index >= 15 is 0 Å². The topological polar surface area (TPSA) is 3.24 Å². The van der Waals surface area contributed by atoms with E-state index in [-0.39, 0.29) is 0 Å². The van der Waals surface area contributed by atoms with Crippen LogP contribution < -0.4 is 0 Å². The van der Waals surface area contributed by atoms with Gasteiger partial charge < -0.3 is 4.90 Å². The fraction of sp³-hybridized carbons (Fsp3) is 1.00. The molecule has 0 aliphatic rings. The van der Waals surface area contributed by atoms with Gasteiger partial charge in [0.25, 0.3) is 0 Å². The van der Waals surface area contributed by atoms with Gasteiger partial charge in [-0.2, -0.15) is 24.4 Å². The number of unbranched alkanes of at least 4 members (excludes halogenated alkanes) is 2. The highest BCUT2D eigenvalue weighted by Gasteiger charge is 2.10. The van der Waals surface area contributed by atoms with Crippen LogP contribution >= 0.6 is 24.4 Å². The Hall–Kier alpha value is 0.660. The fourth-order valence-corrected chi connectivity index (χ4v) is 2.68. The molecule has 0 heterocycles. The number of hydrogen-bond acceptors (Lipinski definition) is 3. The lowest BCUT2D eigenvalue weighted by Gasteiger charge is -2.26. The molecule has 0 aromatic heterocycles. The maximum atomic E-state index is 4.22. The van der Waals surface area contributed by atoms with Crippen LogP contribution in [0.25, 0.3) is 0 Å². The number of hydrogen-bond donors (Lipinski definition) is 1. The van der Waals surface area contributed by atoms with Crippen molar-refractivity contribution < 1.29 is 0 Å². The molecule has 0 saturated carbocycles. The Bertz CT molecular complexity index is 120. The van der Waals surface area contributed by atoms with Crippen LogP contribution in [0.4, 0.5) is 0 Å². The molecule has 1 unspecified atom stereocenters. The third-order valence-corrected chi connectivity index (χ3v) is 3.66. The zero-order valence-corrected chi connectivity index (χ0v) is 11.5. The van der Waals surface area contributed by atoms with E-state index in [0.29, 0.717) is 0 Å². The molecule has 86 valence electrons. The highest BCUT2D eigenvalue weighted by Crippen LogP contribution is 2.09. The molecule has 0 aromatic carbocycles. The van der Waals surface area contributed by atoms with Gasteiger partial charge in [-0.3, -0.25) is 0 Å². The molecule has 0 aliphatic carbocycles. The predicted octanol–water partition coefficient (Wildman–Crippen LogP) is 3.16. The van der Waals surface area contributed by atoms with Crippen LogP contribution in [0.2, 0.25) is 0 Å². The second-order valence-electron chi connectivity index (χ2n) is 3.78. The van der Waals surface area contributed by atoms with Crippen LogP contribution in [0.3, 0.4) is 0 Å². The molecule has 0 bridgehead atoms. The van der Waals surface area contributed by atoms with Gasteiger partial charge in [0.15, 0.2) is 0 Å². The second-order valence-corrected chi connectivity index (χ2v) is 5.14. The molecule has 14 heavy (non-hydrogen) atoms. The largest absolute Gasteiger partial charge is 0.303 e. The summed E-state index contributed by atoms with van der Waals surface area (Å²) in [7, 11) is 2.26. The lowest BCUT2D eigenvalue weighted by molar-refractivity contribution is 0.251. The Morgan fingerprint density at radius 2 is 2.00 bits per heavy atom. The zero-order chi connectivity index (χ0) is 10.8. The molecular weight excluding hydrogens is 210 g/mol. The normalized spacial score (nSPS) is 13.5. The molecule has 1 atom stereocenters. The minimum atomic E-state index is 0.765. The summed E-state index contributed by atoms with van der Waals surface area (Å²) in [6.07, 6.45) is 7.36. The van der Waals surface area contributed by atoms with Crippen LogP contribution in [0, 0.1) is 0 Å². The highest BCUT2D eigenvalue weighted by molar-refractivity contribution is 7.98. The third-order valence-electron chi connectivity index (χ3n) is 2.62. The molecule has 3 heteroatoms. The monoisotopic (exact) mass is 235 g/mol. The Balaban J connectivity index is 3.52. The van der Waals surface area contributed by atoms with E-state index in [9.17, 15) is 0 Å². The lowest BCUT2D eigenvalue weighted by atomic mass is 10.2. The van der Waals surface area contributed by atoms with Crippen LogP contribution in [0.15, 0.2) is 0 Å². The van der Waals surface area contributed by atoms with Crippen molar-refractivity contribution in [3.05, 3.63) is 0 Å². The van der Waals surface area contributed by atoms with E-state index in [1.165, 1.54) is 38.0 Å². The fourth-order valence-electron chi connectivity index (χ4n) is 1.58. The third kappa shape index (κ3) is 7.02. The van der Waals surface area contributed by atoms with Crippen molar-refractivity contribution in [3.63, 3.8) is 0 Å². The Labute approximate surface area is 99.4 Å². The predicted molar refractivity (Wildman–Crippen MR) is 72.8 cm³/mol. The van der Waals surface area contributed by atoms with Gasteiger partial charge in [-0.15, -0.1) is 0 Å². The van der Waals surface area contributed by atoms with Gasteiger partial charge >= 0.3 is 0 Å². The number of rotatable bonds is 9. The molecule has 0 saturated heterocycles. The smallest absolute Gasteiger partial charge is 0.0180 e. The van der Waals surface area contributed by atoms with Crippen LogP contribution in [-0.4, -0.2) is 42.3 Å². The Morgan fingerprint density at radius 3 is 2.50 bits per heavy atom. The van der Waals surface area contributed by atoms with E-state index < -0.39 is 0 Å². The van der Waals surface area contributed by atoms with Crippen LogP contribution in [0.5, 0.6) is 0 Å². The lowest BCUT2D eigenvalue weighted by Crippen LogP contribution is -2.33. The average molecular weight is 235 g/mol. The molecule has 0 spiro atoms. The van der Waals surface area contributed by atoms with Crippen LogP contribution in [0.1, 0.15) is 32.6 Å². The van der Waals surface area contributed by atoms with Crippen molar-refractivity contribution in [1.82, 2.24) is 4.90 Å². The Kier molecular flexibility index (Phi) is 10.7. The van der Waals surface area contributed by atoms with E-state index in [4.69, 9.17) is 0 Å². The minimum Gasteiger partial charge on any atom is -0.303 e. The molecule has 0 aromatic rings. The van der Waals surface area contributed by atoms with E-state index in [2.05, 4.69) is 37.8 Å². The molecule has 0 rings (SSSR count). The molecular formula is C11H25NS2. The van der Waals surface area contributed by atoms with Crippen LogP contribution in [-0.2, 0) is 0 Å². The SMILES string of the molecule is CCC(CSC)N(C)CCCCCS. The van der Waals surface area contributed by atoms with Gasteiger partial charge in [-0.1, -0.05) is 13.3 Å². The van der Waals surface area contributed by atoms with Gasteiger partial charge in [0, 0.05) is 11.8 Å². The standard InChI is InChI=1S/C11H25NS2/c1-4-11(10-14-3)12(2)8-6-5-7-9-13/h11,13H,4-10H2,1-3H3. The number of thioether (sulfide) groups is 1. The summed E-state index contributed by atoms with van der Waals surface area (Å²) in [6.45, 7) is 3.53. The molecule has 0 N–H and O–H groups in total. The molecule has 1 nitrogen and oxygen atoms in total. The molecule has 0 aliphatic heterocycles. The average Bonchev–Trinajstić information content (AvgIpc) is 2.20. The van der Waals surface area contributed by atoms with Crippen molar-refractivity contribution >= 4 is 24.4 Å². The van der Waals surface area contributed by atoms with Crippen molar-refractivity contribution in [2.24, 2.45) is 0 Å². The summed E-state index contributed by atoms with van der Waals surface area (Å²) in [5.74, 6) is 2.30. The van der Waals surface area contributed by atoms with E-state index in [1.54, 1.807) is 0 Å². The van der Waals surface area contributed by atoms with Gasteiger partial charge in [0.1, 0.15) is 0 Å². The van der Waals surface area contributed by atoms with Gasteiger partial charge in [0.05, 0.1) is 0 Å². The summed E-state index contributed by atoms with van der Waals surface area (Å²) in [5.41, 5.74) is 0. The summed E-state index contributed by atoms with van der Waals surface area (Å²) < 4.78 is 0. The minimum absolute atomic E-state index is 0.765. The zero-order valence-electron chi connectivity index (χ0n) is 9.83. The highest BCUT2D eigenvalue weighted by atomic mass is 32.2. The van der Waals surface area contributed by atoms with Gasteiger partial charge in [-0.05, 0) is 44.9 Å². The molecule has 0 radical (unpaired) electrons. The summed E-state index contributed by atoms with van der Waals surface area (Å²) in [6, 6.07) is 0.765. The van der Waals surface area contributed by atoms with Crippen molar-refractivity contribution in [3.8, 4) is 0 Å². The number of nitrogens with zero attached hydrogens (tertiary/aromatic N) is 1. The first-order valence-electron chi connectivity index (χ1n) is 5.56. The van der Waals surface area contributed by atoms with Gasteiger partial charge in [-0.25, -0.2) is 0 Å². The quantitative estimate of drug-likeness (QED) is 0.483. The molecule has 0 fully saturated rings. The maximum absolute atomic E-state index is 4.22. The summed E-state index contributed by atoms with van der Waals surface area (Å²) in [5, 5.41) is 0. The summed E-state index contributed by atoms with van der Waals surface area (Å²) >= 11 is 6.17. The first-order valence-corrected chi connectivity index (χ1v) is 7.58. The van der Waals surface area contributed by atoms with Crippen molar-refractivity contribution in [2.45, 2.75) is 38.6 Å². The maximum Gasteiger partial charge on any atom is 0.0180 e. The van der Waals surface area contributed by atoms with Crippen molar-refractivity contribution in [1.29, 1.82) is 0 Å². The Morgan fingerprint density at radius 1 is 1.29 bits per heavy atom.